The summed E-state index contributed by atoms with van der Waals surface area (Å²) in [5.41, 5.74) is 1.58. The van der Waals surface area contributed by atoms with Crippen LogP contribution in [0.4, 0.5) is 27.4 Å². The van der Waals surface area contributed by atoms with E-state index in [1.165, 1.54) is 12.1 Å². The Morgan fingerprint density at radius 3 is 2.27 bits per heavy atom. The molecular weight excluding hydrogens is 331 g/mol. The number of anilines is 4. The van der Waals surface area contributed by atoms with Gasteiger partial charge in [-0.05, 0) is 57.2 Å². The van der Waals surface area contributed by atoms with Gasteiger partial charge in [0, 0.05) is 11.8 Å². The minimum Gasteiger partial charge on any atom is -0.489 e. The number of hydrogen-bond donors (Lipinski definition) is 2. The molecular formula is C20H21FN4O. The van der Waals surface area contributed by atoms with Crippen molar-refractivity contribution in [3.63, 3.8) is 0 Å². The van der Waals surface area contributed by atoms with Crippen LogP contribution in [0.15, 0.2) is 54.6 Å². The van der Waals surface area contributed by atoms with Crippen LogP contribution in [0.1, 0.15) is 19.7 Å². The van der Waals surface area contributed by atoms with E-state index in [1.54, 1.807) is 18.2 Å². The van der Waals surface area contributed by atoms with Crippen LogP contribution < -0.4 is 15.4 Å². The quantitative estimate of drug-likeness (QED) is 0.639. The molecule has 5 nitrogen and oxygen atoms in total. The molecule has 0 atom stereocenters. The number of benzene rings is 2. The lowest BCUT2D eigenvalue weighted by molar-refractivity contribution is 0.244. The van der Waals surface area contributed by atoms with Gasteiger partial charge in [0.25, 0.3) is 0 Å². The molecule has 0 aliphatic heterocycles. The molecule has 6 heteroatoms. The molecule has 0 radical (unpaired) electrons. The number of aromatic nitrogens is 2. The van der Waals surface area contributed by atoms with Crippen LogP contribution >= 0.6 is 0 Å². The van der Waals surface area contributed by atoms with E-state index in [2.05, 4.69) is 20.6 Å². The molecule has 0 unspecified atom stereocenters. The highest BCUT2D eigenvalue weighted by molar-refractivity contribution is 5.67. The predicted octanol–water partition coefficient (Wildman–Crippen LogP) is 5.20. The lowest BCUT2D eigenvalue weighted by Gasteiger charge is -2.16. The normalized spacial score (nSPS) is 10.7. The van der Waals surface area contributed by atoms with E-state index in [4.69, 9.17) is 4.74 Å². The molecule has 0 bridgehead atoms. The first-order valence-corrected chi connectivity index (χ1v) is 8.40. The van der Waals surface area contributed by atoms with Crippen LogP contribution in [0.25, 0.3) is 0 Å². The number of para-hydroxylation sites is 2. The number of rotatable bonds is 6. The van der Waals surface area contributed by atoms with Crippen molar-refractivity contribution in [1.29, 1.82) is 0 Å². The number of aryl methyl sites for hydroxylation is 1. The number of nitrogens with zero attached hydrogens (tertiary/aromatic N) is 2. The monoisotopic (exact) mass is 352 g/mol. The molecule has 0 aliphatic rings. The van der Waals surface area contributed by atoms with Gasteiger partial charge in [0.15, 0.2) is 0 Å². The number of nitrogens with one attached hydrogen (secondary N) is 2. The highest BCUT2D eigenvalue weighted by atomic mass is 19.1. The molecule has 26 heavy (non-hydrogen) atoms. The second kappa shape index (κ2) is 7.82. The summed E-state index contributed by atoms with van der Waals surface area (Å²) in [4.78, 5) is 8.80. The molecule has 0 amide bonds. The predicted molar refractivity (Wildman–Crippen MR) is 102 cm³/mol. The molecule has 2 N–H and O–H groups in total. The van der Waals surface area contributed by atoms with E-state index in [0.29, 0.717) is 17.5 Å². The van der Waals surface area contributed by atoms with Crippen molar-refractivity contribution in [3.8, 4) is 5.75 Å². The maximum Gasteiger partial charge on any atom is 0.143 e. The molecule has 0 saturated heterocycles. The Balaban J connectivity index is 1.83. The van der Waals surface area contributed by atoms with Gasteiger partial charge in [0.1, 0.15) is 29.0 Å². The Morgan fingerprint density at radius 1 is 0.923 bits per heavy atom. The largest absolute Gasteiger partial charge is 0.489 e. The van der Waals surface area contributed by atoms with Crippen LogP contribution in [0.3, 0.4) is 0 Å². The van der Waals surface area contributed by atoms with Gasteiger partial charge in [-0.3, -0.25) is 0 Å². The first kappa shape index (κ1) is 17.7. The molecule has 0 fully saturated rings. The third-order valence-electron chi connectivity index (χ3n) is 3.47. The molecule has 1 aromatic heterocycles. The first-order valence-electron chi connectivity index (χ1n) is 8.40. The van der Waals surface area contributed by atoms with Gasteiger partial charge in [0.05, 0.1) is 11.8 Å². The van der Waals surface area contributed by atoms with Gasteiger partial charge in [-0.2, -0.15) is 0 Å². The van der Waals surface area contributed by atoms with Gasteiger partial charge in [-0.1, -0.05) is 12.1 Å². The van der Waals surface area contributed by atoms with Crippen molar-refractivity contribution < 1.29 is 9.13 Å². The van der Waals surface area contributed by atoms with E-state index in [0.717, 1.165) is 17.1 Å². The zero-order chi connectivity index (χ0) is 18.5. The SMILES string of the molecule is Cc1nc(Nc2ccc(F)cc2)cc(Nc2ccccc2OC(C)C)n1. The third-order valence-corrected chi connectivity index (χ3v) is 3.47. The smallest absolute Gasteiger partial charge is 0.143 e. The average Bonchev–Trinajstić information content (AvgIpc) is 2.58. The highest BCUT2D eigenvalue weighted by Crippen LogP contribution is 2.28. The van der Waals surface area contributed by atoms with Gasteiger partial charge in [-0.15, -0.1) is 0 Å². The Kier molecular flexibility index (Phi) is 5.31. The highest BCUT2D eigenvalue weighted by Gasteiger charge is 2.08. The second-order valence-electron chi connectivity index (χ2n) is 6.11. The lowest BCUT2D eigenvalue weighted by Crippen LogP contribution is -2.08. The molecule has 3 rings (SSSR count). The van der Waals surface area contributed by atoms with Crippen LogP contribution in [-0.4, -0.2) is 16.1 Å². The van der Waals surface area contributed by atoms with Gasteiger partial charge in [0.2, 0.25) is 0 Å². The standard InChI is InChI=1S/C20H21FN4O/c1-13(2)26-18-7-5-4-6-17(18)25-20-12-19(22-14(3)23-20)24-16-10-8-15(21)9-11-16/h4-13H,1-3H3,(H2,22,23,24,25). The lowest BCUT2D eigenvalue weighted by atomic mass is 10.3. The van der Waals surface area contributed by atoms with E-state index in [-0.39, 0.29) is 11.9 Å². The summed E-state index contributed by atoms with van der Waals surface area (Å²) in [6, 6.07) is 15.6. The molecule has 1 heterocycles. The maximum absolute atomic E-state index is 13.0. The summed E-state index contributed by atoms with van der Waals surface area (Å²) in [6.07, 6.45) is 0.0702. The van der Waals surface area contributed by atoms with Crippen LogP contribution in [0.2, 0.25) is 0 Å². The van der Waals surface area contributed by atoms with E-state index in [9.17, 15) is 4.39 Å². The summed E-state index contributed by atoms with van der Waals surface area (Å²) in [6.45, 7) is 5.78. The fraction of sp³-hybridized carbons (Fsp3) is 0.200. The van der Waals surface area contributed by atoms with Crippen molar-refractivity contribution in [2.45, 2.75) is 26.9 Å². The van der Waals surface area contributed by atoms with Crippen LogP contribution in [-0.2, 0) is 0 Å². The van der Waals surface area contributed by atoms with Crippen LogP contribution in [0, 0.1) is 12.7 Å². The van der Waals surface area contributed by atoms with Crippen molar-refractivity contribution >= 4 is 23.0 Å². The molecule has 0 spiro atoms. The third kappa shape index (κ3) is 4.69. The zero-order valence-electron chi connectivity index (χ0n) is 15.0. The van der Waals surface area contributed by atoms with Crippen LogP contribution in [0.5, 0.6) is 5.75 Å². The van der Waals surface area contributed by atoms with Crippen molar-refractivity contribution in [2.75, 3.05) is 10.6 Å². The van der Waals surface area contributed by atoms with Gasteiger partial charge >= 0.3 is 0 Å². The Hall–Kier alpha value is -3.15. The average molecular weight is 352 g/mol. The number of hydrogen-bond acceptors (Lipinski definition) is 5. The number of ether oxygens (including phenoxy) is 1. The summed E-state index contributed by atoms with van der Waals surface area (Å²) >= 11 is 0. The number of halogens is 1. The summed E-state index contributed by atoms with van der Waals surface area (Å²) in [5, 5.41) is 6.43. The van der Waals surface area contributed by atoms with E-state index >= 15 is 0 Å². The summed E-state index contributed by atoms with van der Waals surface area (Å²) in [7, 11) is 0. The molecule has 134 valence electrons. The Morgan fingerprint density at radius 2 is 1.58 bits per heavy atom. The summed E-state index contributed by atoms with van der Waals surface area (Å²) in [5.74, 6) is 2.35. The minimum absolute atomic E-state index is 0.0702. The molecule has 0 saturated carbocycles. The molecule has 0 aliphatic carbocycles. The topological polar surface area (TPSA) is 59.1 Å². The minimum atomic E-state index is -0.279. The zero-order valence-corrected chi connectivity index (χ0v) is 15.0. The first-order chi connectivity index (χ1) is 12.5. The fourth-order valence-corrected chi connectivity index (χ4v) is 2.44. The maximum atomic E-state index is 13.0. The summed E-state index contributed by atoms with van der Waals surface area (Å²) < 4.78 is 18.9. The van der Waals surface area contributed by atoms with Crippen molar-refractivity contribution in [2.24, 2.45) is 0 Å². The van der Waals surface area contributed by atoms with Gasteiger partial charge < -0.3 is 15.4 Å². The van der Waals surface area contributed by atoms with Crippen molar-refractivity contribution in [1.82, 2.24) is 9.97 Å². The molecule has 3 aromatic rings. The van der Waals surface area contributed by atoms with E-state index < -0.39 is 0 Å². The Labute approximate surface area is 152 Å². The van der Waals surface area contributed by atoms with E-state index in [1.807, 2.05) is 45.0 Å². The Bertz CT molecular complexity index is 881. The second-order valence-corrected chi connectivity index (χ2v) is 6.11. The fourth-order valence-electron chi connectivity index (χ4n) is 2.44. The molecule has 2 aromatic carbocycles. The van der Waals surface area contributed by atoms with Gasteiger partial charge in [-0.25, -0.2) is 14.4 Å². The van der Waals surface area contributed by atoms with Crippen molar-refractivity contribution in [3.05, 3.63) is 66.2 Å².